The van der Waals surface area contributed by atoms with Crippen molar-refractivity contribution in [1.29, 1.82) is 5.26 Å². The summed E-state index contributed by atoms with van der Waals surface area (Å²) in [5.74, 6) is 0.358. The summed E-state index contributed by atoms with van der Waals surface area (Å²) in [5.41, 5.74) is 4.71. The number of hydrogen-bond donors (Lipinski definition) is 0. The lowest BCUT2D eigenvalue weighted by Crippen LogP contribution is -2.46. The molecule has 7 rings (SSSR count). The highest BCUT2D eigenvalue weighted by Crippen LogP contribution is 2.37. The zero-order chi connectivity index (χ0) is 27.9. The Morgan fingerprint density at radius 3 is 2.32 bits per heavy atom. The molecule has 0 amide bonds. The number of aromatic nitrogens is 3. The number of piperidine rings is 1. The monoisotopic (exact) mass is 553 g/mol. The second-order valence-electron chi connectivity index (χ2n) is 11.6. The lowest BCUT2D eigenvalue weighted by molar-refractivity contribution is 0.203. The fourth-order valence-electron chi connectivity index (χ4n) is 6.48. The van der Waals surface area contributed by atoms with Crippen LogP contribution in [-0.2, 0) is 6.54 Å². The largest absolute Gasteiger partial charge is 0.354 e. The number of pyridine rings is 2. The molecule has 9 heteroatoms. The van der Waals surface area contributed by atoms with Crippen LogP contribution in [0.3, 0.4) is 0 Å². The molecule has 1 aromatic carbocycles. The van der Waals surface area contributed by atoms with E-state index < -0.39 is 11.6 Å². The van der Waals surface area contributed by atoms with Crippen molar-refractivity contribution in [3.05, 3.63) is 83.3 Å². The SMILES string of the molecule is N#Cc1cnn2cc(C3CCN(C4CC4)CC3)cc(-c3ccc(N4CCN(Cc5c(F)cccc5F)CC4)nc3)c12. The van der Waals surface area contributed by atoms with Crippen molar-refractivity contribution in [2.45, 2.75) is 44.2 Å². The summed E-state index contributed by atoms with van der Waals surface area (Å²) >= 11 is 0. The average Bonchev–Trinajstić information content (AvgIpc) is 3.78. The highest BCUT2D eigenvalue weighted by Gasteiger charge is 2.32. The van der Waals surface area contributed by atoms with E-state index >= 15 is 0 Å². The normalized spacial score (nSPS) is 19.1. The van der Waals surface area contributed by atoms with Gasteiger partial charge in [-0.2, -0.15) is 10.4 Å². The van der Waals surface area contributed by atoms with Gasteiger partial charge in [-0.15, -0.1) is 0 Å². The van der Waals surface area contributed by atoms with Crippen molar-refractivity contribution in [3.8, 4) is 17.2 Å². The van der Waals surface area contributed by atoms with Crippen molar-refractivity contribution in [1.82, 2.24) is 24.4 Å². The van der Waals surface area contributed by atoms with E-state index in [0.717, 1.165) is 67.5 Å². The molecule has 3 aromatic heterocycles. The van der Waals surface area contributed by atoms with Gasteiger partial charge >= 0.3 is 0 Å². The van der Waals surface area contributed by atoms with Crippen LogP contribution in [0.5, 0.6) is 0 Å². The predicted molar refractivity (Wildman–Crippen MR) is 154 cm³/mol. The molecular weight excluding hydrogens is 520 g/mol. The maximum atomic E-state index is 14.1. The van der Waals surface area contributed by atoms with Crippen LogP contribution < -0.4 is 4.90 Å². The molecule has 1 saturated carbocycles. The fourth-order valence-corrected chi connectivity index (χ4v) is 6.48. The van der Waals surface area contributed by atoms with Crippen LogP contribution in [0, 0.1) is 23.0 Å². The van der Waals surface area contributed by atoms with Gasteiger partial charge in [-0.25, -0.2) is 18.3 Å². The topological polar surface area (TPSA) is 63.7 Å². The van der Waals surface area contributed by atoms with E-state index in [-0.39, 0.29) is 12.1 Å². The first kappa shape index (κ1) is 26.1. The Bertz CT molecular complexity index is 1570. The van der Waals surface area contributed by atoms with Gasteiger partial charge in [0.15, 0.2) is 0 Å². The predicted octanol–water partition coefficient (Wildman–Crippen LogP) is 5.21. The van der Waals surface area contributed by atoms with Crippen molar-refractivity contribution >= 4 is 11.3 Å². The van der Waals surface area contributed by atoms with Gasteiger partial charge in [0, 0.05) is 67.8 Å². The number of nitrogens with zero attached hydrogens (tertiary/aromatic N) is 7. The van der Waals surface area contributed by atoms with Crippen LogP contribution in [0.25, 0.3) is 16.6 Å². The standard InChI is InChI=1S/C32H33F2N7/c33-29-2-1-3-30(34)28(29)21-38-12-14-40(15-13-38)31-7-4-23(18-36-31)27-16-24(20-41-32(27)25(17-35)19-37-41)22-8-10-39(11-9-22)26-5-6-26/h1-4,7,16,18-20,22,26H,5-6,8-15,21H2. The number of likely N-dealkylation sites (tertiary alicyclic amines) is 1. The molecule has 2 aliphatic heterocycles. The highest BCUT2D eigenvalue weighted by molar-refractivity contribution is 5.84. The summed E-state index contributed by atoms with van der Waals surface area (Å²) in [6, 6.07) is 13.5. The fraction of sp³-hybridized carbons (Fsp3) is 0.406. The Kier molecular flexibility index (Phi) is 6.89. The zero-order valence-corrected chi connectivity index (χ0v) is 23.0. The van der Waals surface area contributed by atoms with Gasteiger partial charge in [-0.05, 0) is 80.6 Å². The molecule has 0 atom stereocenters. The molecule has 3 fully saturated rings. The lowest BCUT2D eigenvalue weighted by atomic mass is 9.88. The molecular formula is C32H33F2N7. The van der Waals surface area contributed by atoms with Crippen LogP contribution >= 0.6 is 0 Å². The Morgan fingerprint density at radius 2 is 1.66 bits per heavy atom. The smallest absolute Gasteiger partial charge is 0.130 e. The third-order valence-corrected chi connectivity index (χ3v) is 9.02. The van der Waals surface area contributed by atoms with E-state index in [1.165, 1.54) is 36.6 Å². The average molecular weight is 554 g/mol. The number of fused-ring (bicyclic) bond motifs is 1. The summed E-state index contributed by atoms with van der Waals surface area (Å²) in [6.07, 6.45) is 10.6. The van der Waals surface area contributed by atoms with E-state index in [0.29, 0.717) is 24.6 Å². The third kappa shape index (κ3) is 5.18. The van der Waals surface area contributed by atoms with Gasteiger partial charge in [0.25, 0.3) is 0 Å². The molecule has 3 aliphatic rings. The van der Waals surface area contributed by atoms with Crippen molar-refractivity contribution < 1.29 is 8.78 Å². The van der Waals surface area contributed by atoms with E-state index in [4.69, 9.17) is 4.98 Å². The third-order valence-electron chi connectivity index (χ3n) is 9.02. The second-order valence-corrected chi connectivity index (χ2v) is 11.6. The molecule has 7 nitrogen and oxygen atoms in total. The first-order valence-electron chi connectivity index (χ1n) is 14.6. The molecule has 5 heterocycles. The van der Waals surface area contributed by atoms with Crippen molar-refractivity contribution in [2.24, 2.45) is 0 Å². The molecule has 0 bridgehead atoms. The molecule has 0 spiro atoms. The number of benzene rings is 1. The molecule has 1 aliphatic carbocycles. The van der Waals surface area contributed by atoms with Crippen molar-refractivity contribution in [2.75, 3.05) is 44.2 Å². The van der Waals surface area contributed by atoms with Crippen LogP contribution in [0.1, 0.15) is 48.3 Å². The second kappa shape index (κ2) is 10.8. The van der Waals surface area contributed by atoms with Crippen LogP contribution in [0.2, 0.25) is 0 Å². The number of halogens is 2. The number of anilines is 1. The molecule has 0 radical (unpaired) electrons. The first-order chi connectivity index (χ1) is 20.1. The molecule has 4 aromatic rings. The van der Waals surface area contributed by atoms with E-state index in [1.54, 1.807) is 6.20 Å². The van der Waals surface area contributed by atoms with Gasteiger partial charge in [-0.3, -0.25) is 4.90 Å². The van der Waals surface area contributed by atoms with E-state index in [2.05, 4.69) is 44.2 Å². The van der Waals surface area contributed by atoms with Gasteiger partial charge in [0.05, 0.1) is 17.3 Å². The minimum atomic E-state index is -0.496. The number of hydrogen-bond acceptors (Lipinski definition) is 6. The van der Waals surface area contributed by atoms with Crippen LogP contribution in [0.4, 0.5) is 14.6 Å². The van der Waals surface area contributed by atoms with Crippen LogP contribution in [-0.4, -0.2) is 69.7 Å². The Labute approximate surface area is 238 Å². The molecule has 41 heavy (non-hydrogen) atoms. The van der Waals surface area contributed by atoms with Gasteiger partial charge in [0.1, 0.15) is 23.5 Å². The summed E-state index contributed by atoms with van der Waals surface area (Å²) in [7, 11) is 0. The Balaban J connectivity index is 1.08. The minimum Gasteiger partial charge on any atom is -0.354 e. The molecule has 0 N–H and O–H groups in total. The Morgan fingerprint density at radius 1 is 0.902 bits per heavy atom. The maximum absolute atomic E-state index is 14.1. The highest BCUT2D eigenvalue weighted by atomic mass is 19.1. The van der Waals surface area contributed by atoms with E-state index in [9.17, 15) is 14.0 Å². The first-order valence-corrected chi connectivity index (χ1v) is 14.6. The Hall–Kier alpha value is -3.87. The molecule has 0 unspecified atom stereocenters. The zero-order valence-electron chi connectivity index (χ0n) is 23.0. The molecule has 2 saturated heterocycles. The van der Waals surface area contributed by atoms with Gasteiger partial charge in [-0.1, -0.05) is 6.07 Å². The quantitative estimate of drug-likeness (QED) is 0.327. The van der Waals surface area contributed by atoms with Gasteiger partial charge < -0.3 is 9.80 Å². The van der Waals surface area contributed by atoms with E-state index in [1.807, 2.05) is 16.8 Å². The van der Waals surface area contributed by atoms with Gasteiger partial charge in [0.2, 0.25) is 0 Å². The summed E-state index contributed by atoms with van der Waals surface area (Å²) in [4.78, 5) is 11.7. The lowest BCUT2D eigenvalue weighted by Gasteiger charge is -2.35. The summed E-state index contributed by atoms with van der Waals surface area (Å²) in [6.45, 7) is 5.39. The van der Waals surface area contributed by atoms with Crippen molar-refractivity contribution in [3.63, 3.8) is 0 Å². The maximum Gasteiger partial charge on any atom is 0.130 e. The number of rotatable bonds is 6. The number of piperazine rings is 1. The van der Waals surface area contributed by atoms with Crippen LogP contribution in [0.15, 0.2) is 55.0 Å². The summed E-state index contributed by atoms with van der Waals surface area (Å²) < 4.78 is 30.1. The summed E-state index contributed by atoms with van der Waals surface area (Å²) in [5, 5.41) is 14.3. The minimum absolute atomic E-state index is 0.127. The number of nitriles is 1. The molecule has 210 valence electrons.